The molecule has 1 aliphatic heterocycles. The molecule has 10 heteroatoms. The van der Waals surface area contributed by atoms with E-state index in [-0.39, 0.29) is 34.7 Å². The van der Waals surface area contributed by atoms with E-state index >= 15 is 0 Å². The van der Waals surface area contributed by atoms with Crippen molar-refractivity contribution in [3.8, 4) is 28.8 Å². The van der Waals surface area contributed by atoms with Crippen LogP contribution in [0.2, 0.25) is 0 Å². The molecule has 0 saturated heterocycles. The van der Waals surface area contributed by atoms with Gasteiger partial charge in [0.25, 0.3) is 11.8 Å². The predicted octanol–water partition coefficient (Wildman–Crippen LogP) is 5.24. The van der Waals surface area contributed by atoms with Crippen molar-refractivity contribution in [2.24, 2.45) is 0 Å². The second-order valence-electron chi connectivity index (χ2n) is 9.00. The van der Waals surface area contributed by atoms with Crippen LogP contribution in [0.25, 0.3) is 23.0 Å². The summed E-state index contributed by atoms with van der Waals surface area (Å²) in [6.07, 6.45) is 5.68. The molecule has 198 valence electrons. The van der Waals surface area contributed by atoms with Crippen LogP contribution < -0.4 is 4.74 Å². The summed E-state index contributed by atoms with van der Waals surface area (Å²) in [5.74, 6) is -0.988. The highest BCUT2D eigenvalue weighted by Gasteiger charge is 2.35. The molecule has 0 unspecified atom stereocenters. The Balaban J connectivity index is 1.91. The lowest BCUT2D eigenvalue weighted by atomic mass is 9.93. The second-order valence-corrected chi connectivity index (χ2v) is 9.00. The van der Waals surface area contributed by atoms with Crippen LogP contribution in [0.5, 0.6) is 5.75 Å². The first kappa shape index (κ1) is 27.0. The van der Waals surface area contributed by atoms with Crippen LogP contribution >= 0.6 is 0 Å². The zero-order valence-electron chi connectivity index (χ0n) is 21.9. The van der Waals surface area contributed by atoms with Gasteiger partial charge in [-0.3, -0.25) is 24.6 Å². The van der Waals surface area contributed by atoms with Crippen LogP contribution in [0, 0.1) is 21.4 Å². The lowest BCUT2D eigenvalue weighted by Gasteiger charge is -2.27. The van der Waals surface area contributed by atoms with E-state index < -0.39 is 16.7 Å². The number of ether oxygens (including phenoxy) is 1. The fraction of sp³-hybridized carbons (Fsp3) is 0.241. The number of hydrogen-bond acceptors (Lipinski definition) is 7. The molecule has 2 aromatic carbocycles. The van der Waals surface area contributed by atoms with Gasteiger partial charge in [0.1, 0.15) is 17.3 Å². The Kier molecular flexibility index (Phi) is 8.01. The molecule has 10 nitrogen and oxygen atoms in total. The van der Waals surface area contributed by atoms with Crippen LogP contribution in [0.1, 0.15) is 38.7 Å². The van der Waals surface area contributed by atoms with Crippen molar-refractivity contribution in [1.82, 2.24) is 14.7 Å². The molecule has 2 heterocycles. The van der Waals surface area contributed by atoms with E-state index in [0.29, 0.717) is 23.2 Å². The minimum atomic E-state index is -0.598. The summed E-state index contributed by atoms with van der Waals surface area (Å²) in [4.78, 5) is 38.7. The summed E-state index contributed by atoms with van der Waals surface area (Å²) in [6, 6.07) is 15.7. The minimum Gasteiger partial charge on any atom is -0.490 e. The van der Waals surface area contributed by atoms with E-state index in [1.165, 1.54) is 19.2 Å². The maximum atomic E-state index is 13.5. The second kappa shape index (κ2) is 11.6. The lowest BCUT2D eigenvalue weighted by molar-refractivity contribution is -0.385. The summed E-state index contributed by atoms with van der Waals surface area (Å²) in [5, 5.41) is 26.1. The van der Waals surface area contributed by atoms with Gasteiger partial charge in [-0.15, -0.1) is 0 Å². The van der Waals surface area contributed by atoms with Gasteiger partial charge in [-0.1, -0.05) is 38.0 Å². The van der Waals surface area contributed by atoms with Crippen molar-refractivity contribution in [3.05, 3.63) is 87.1 Å². The highest BCUT2D eigenvalue weighted by Crippen LogP contribution is 2.35. The number of nitriles is 1. The Bertz CT molecular complexity index is 1550. The smallest absolute Gasteiger partial charge is 0.311 e. The summed E-state index contributed by atoms with van der Waals surface area (Å²) in [7, 11) is 1.35. The topological polar surface area (TPSA) is 131 Å². The average molecular weight is 526 g/mol. The molecule has 0 spiro atoms. The van der Waals surface area contributed by atoms with Gasteiger partial charge >= 0.3 is 5.69 Å². The number of methoxy groups -OCH3 is 1. The van der Waals surface area contributed by atoms with E-state index in [9.17, 15) is 25.0 Å². The number of unbranched alkanes of at least 4 members (excludes halogenated alkanes) is 2. The Morgan fingerprint density at radius 1 is 1.13 bits per heavy atom. The van der Waals surface area contributed by atoms with Gasteiger partial charge in [-0.2, -0.15) is 10.4 Å². The number of hydrogen-bond donors (Lipinski definition) is 0. The van der Waals surface area contributed by atoms with Gasteiger partial charge in [-0.25, -0.2) is 4.68 Å². The first-order chi connectivity index (χ1) is 18.8. The maximum Gasteiger partial charge on any atom is 0.311 e. The normalized spacial score (nSPS) is 14.6. The van der Waals surface area contributed by atoms with E-state index in [0.717, 1.165) is 23.4 Å². The number of carbonyl (C=O) groups excluding carboxylic acids is 2. The molecule has 0 fully saturated rings. The van der Waals surface area contributed by atoms with Crippen molar-refractivity contribution in [2.75, 3.05) is 13.7 Å². The fourth-order valence-electron chi connectivity index (χ4n) is 4.42. The number of aromatic nitrogens is 2. The van der Waals surface area contributed by atoms with Crippen molar-refractivity contribution >= 4 is 23.6 Å². The number of carbonyl (C=O) groups is 2. The fourth-order valence-corrected chi connectivity index (χ4v) is 4.42. The summed E-state index contributed by atoms with van der Waals surface area (Å²) in [5.41, 5.74) is 2.19. The third-order valence-electron chi connectivity index (χ3n) is 6.52. The van der Waals surface area contributed by atoms with E-state index in [2.05, 4.69) is 0 Å². The zero-order chi connectivity index (χ0) is 28.1. The number of para-hydroxylation sites is 1. The zero-order valence-corrected chi connectivity index (χ0v) is 21.9. The molecule has 0 aliphatic carbocycles. The maximum absolute atomic E-state index is 13.5. The lowest BCUT2D eigenvalue weighted by Crippen LogP contribution is -2.43. The van der Waals surface area contributed by atoms with Crippen LogP contribution in [0.15, 0.2) is 71.4 Å². The molecule has 0 saturated carbocycles. The number of nitro groups is 1. The van der Waals surface area contributed by atoms with Gasteiger partial charge in [0.2, 0.25) is 0 Å². The van der Waals surface area contributed by atoms with Crippen LogP contribution in [0.3, 0.4) is 0 Å². The summed E-state index contributed by atoms with van der Waals surface area (Å²) >= 11 is 0. The Morgan fingerprint density at radius 3 is 2.51 bits per heavy atom. The third kappa shape index (κ3) is 5.33. The van der Waals surface area contributed by atoms with Gasteiger partial charge in [-0.05, 0) is 49.3 Å². The molecule has 4 rings (SSSR count). The molecule has 3 aromatic rings. The van der Waals surface area contributed by atoms with Crippen molar-refractivity contribution in [1.29, 1.82) is 5.26 Å². The standard InChI is InChI=1S/C29H27N5O5/c1-4-5-9-14-32-28(35)23(19(2)24(17-30)29(32)36)15-21-18-33(22-10-7-6-8-11-22)31-27(21)20-12-13-26(39-3)25(16-20)34(37)38/h6-8,10-13,15-16,18H,4-5,9,14H2,1-3H3/b23-15+. The largest absolute Gasteiger partial charge is 0.490 e. The molecule has 0 N–H and O–H groups in total. The highest BCUT2D eigenvalue weighted by molar-refractivity contribution is 6.19. The molecule has 1 aromatic heterocycles. The van der Waals surface area contributed by atoms with E-state index in [1.54, 1.807) is 29.9 Å². The third-order valence-corrected chi connectivity index (χ3v) is 6.52. The quantitative estimate of drug-likeness (QED) is 0.123. The number of nitrogens with zero attached hydrogens (tertiary/aromatic N) is 5. The molecule has 0 bridgehead atoms. The molecule has 2 amide bonds. The highest BCUT2D eigenvalue weighted by atomic mass is 16.6. The minimum absolute atomic E-state index is 0.0885. The number of nitro benzene ring substituents is 1. The molecule has 1 aliphatic rings. The summed E-state index contributed by atoms with van der Waals surface area (Å²) in [6.45, 7) is 3.80. The van der Waals surface area contributed by atoms with Crippen LogP contribution in [-0.4, -0.2) is 45.1 Å². The molecule has 0 radical (unpaired) electrons. The molecule has 39 heavy (non-hydrogen) atoms. The van der Waals surface area contributed by atoms with Crippen molar-refractivity contribution < 1.29 is 19.2 Å². The molecular formula is C29H27N5O5. The average Bonchev–Trinajstić information content (AvgIpc) is 3.37. The van der Waals surface area contributed by atoms with Crippen LogP contribution in [0.4, 0.5) is 5.69 Å². The van der Waals surface area contributed by atoms with Gasteiger partial charge in [0.15, 0.2) is 5.75 Å². The van der Waals surface area contributed by atoms with Gasteiger partial charge in [0.05, 0.1) is 17.7 Å². The molecular weight excluding hydrogens is 498 g/mol. The Morgan fingerprint density at radius 2 is 1.87 bits per heavy atom. The monoisotopic (exact) mass is 525 g/mol. The molecule has 0 atom stereocenters. The van der Waals surface area contributed by atoms with Crippen molar-refractivity contribution in [2.45, 2.75) is 33.1 Å². The predicted molar refractivity (Wildman–Crippen MR) is 145 cm³/mol. The van der Waals surface area contributed by atoms with E-state index in [1.807, 2.05) is 43.3 Å². The summed E-state index contributed by atoms with van der Waals surface area (Å²) < 4.78 is 6.75. The number of rotatable bonds is 9. The van der Waals surface area contributed by atoms with Gasteiger partial charge in [0, 0.05) is 35.5 Å². The first-order valence-corrected chi connectivity index (χ1v) is 12.5. The first-order valence-electron chi connectivity index (χ1n) is 12.5. The number of benzene rings is 2. The number of imide groups is 1. The van der Waals surface area contributed by atoms with Gasteiger partial charge < -0.3 is 4.74 Å². The van der Waals surface area contributed by atoms with Crippen LogP contribution in [-0.2, 0) is 9.59 Å². The van der Waals surface area contributed by atoms with Crippen molar-refractivity contribution in [3.63, 3.8) is 0 Å². The van der Waals surface area contributed by atoms with E-state index in [4.69, 9.17) is 9.84 Å². The SMILES string of the molecule is CCCCCN1C(=O)C(C#N)=C(C)/C(=C\c2cn(-c3ccccc3)nc2-c2ccc(OC)c([N+](=O)[O-])c2)C1=O. The Hall–Kier alpha value is -5.04. The Labute approximate surface area is 225 Å². The number of amides is 2.